The molecule has 1 unspecified atom stereocenters. The molecule has 1 aromatic carbocycles. The Morgan fingerprint density at radius 1 is 1.22 bits per heavy atom. The maximum Gasteiger partial charge on any atom is 0.0605 e. The van der Waals surface area contributed by atoms with Crippen molar-refractivity contribution in [2.24, 2.45) is 0 Å². The number of aliphatic hydroxyl groups excluding tert-OH is 1. The Balaban J connectivity index is 1.90. The van der Waals surface area contributed by atoms with Crippen molar-refractivity contribution in [3.63, 3.8) is 0 Å². The minimum Gasteiger partial charge on any atom is -0.396 e. The summed E-state index contributed by atoms with van der Waals surface area (Å²) >= 11 is 0. The first kappa shape index (κ1) is 13.2. The summed E-state index contributed by atoms with van der Waals surface area (Å²) in [6.07, 6.45) is 4.49. The topological polar surface area (TPSA) is 35.5 Å². The summed E-state index contributed by atoms with van der Waals surface area (Å²) in [5.74, 6) is 0. The number of anilines is 2. The van der Waals surface area contributed by atoms with Crippen LogP contribution in [0.5, 0.6) is 0 Å². The van der Waals surface area contributed by atoms with Gasteiger partial charge in [0.1, 0.15) is 0 Å². The van der Waals surface area contributed by atoms with Crippen LogP contribution in [0.4, 0.5) is 11.4 Å². The van der Waals surface area contributed by atoms with Crippen LogP contribution in [-0.4, -0.2) is 30.8 Å². The molecule has 2 rings (SSSR count). The van der Waals surface area contributed by atoms with Crippen molar-refractivity contribution in [3.05, 3.63) is 24.3 Å². The van der Waals surface area contributed by atoms with Gasteiger partial charge >= 0.3 is 0 Å². The molecule has 3 nitrogen and oxygen atoms in total. The van der Waals surface area contributed by atoms with Gasteiger partial charge < -0.3 is 15.3 Å². The maximum absolute atomic E-state index is 8.77. The van der Waals surface area contributed by atoms with Crippen molar-refractivity contribution >= 4 is 11.4 Å². The first-order chi connectivity index (χ1) is 8.83. The molecular weight excluding hydrogens is 224 g/mol. The molecule has 1 aromatic rings. The molecule has 0 fully saturated rings. The highest BCUT2D eigenvalue weighted by molar-refractivity contribution is 5.72. The minimum atomic E-state index is 0.326. The van der Waals surface area contributed by atoms with E-state index in [0.717, 1.165) is 25.9 Å². The lowest BCUT2D eigenvalue weighted by atomic mass is 10.1. The average molecular weight is 248 g/mol. The Kier molecular flexibility index (Phi) is 4.88. The number of rotatable bonds is 6. The smallest absolute Gasteiger partial charge is 0.0605 e. The third-order valence-corrected chi connectivity index (χ3v) is 3.64. The lowest BCUT2D eigenvalue weighted by Gasteiger charge is -2.37. The van der Waals surface area contributed by atoms with E-state index in [1.165, 1.54) is 24.2 Å². The lowest BCUT2D eigenvalue weighted by molar-refractivity contribution is 0.282. The van der Waals surface area contributed by atoms with E-state index in [4.69, 9.17) is 5.11 Å². The fraction of sp³-hybridized carbons (Fsp3) is 0.600. The van der Waals surface area contributed by atoms with E-state index in [1.54, 1.807) is 0 Å². The Morgan fingerprint density at radius 3 is 2.83 bits per heavy atom. The average Bonchev–Trinajstić information content (AvgIpc) is 2.41. The highest BCUT2D eigenvalue weighted by atomic mass is 16.2. The number of hydrogen-bond donors (Lipinski definition) is 2. The molecule has 1 aliphatic heterocycles. The molecule has 0 saturated carbocycles. The quantitative estimate of drug-likeness (QED) is 0.760. The van der Waals surface area contributed by atoms with E-state index in [1.807, 2.05) is 0 Å². The monoisotopic (exact) mass is 248 g/mol. The van der Waals surface area contributed by atoms with Gasteiger partial charge in [-0.3, -0.25) is 0 Å². The molecule has 3 heteroatoms. The van der Waals surface area contributed by atoms with Crippen molar-refractivity contribution in [2.45, 2.75) is 38.6 Å². The summed E-state index contributed by atoms with van der Waals surface area (Å²) in [7, 11) is 0. The van der Waals surface area contributed by atoms with E-state index in [0.29, 0.717) is 12.6 Å². The molecule has 0 amide bonds. The Bertz CT molecular complexity index is 367. The number of nitrogens with one attached hydrogen (secondary N) is 1. The summed E-state index contributed by atoms with van der Waals surface area (Å²) in [6.45, 7) is 4.74. The van der Waals surface area contributed by atoms with E-state index >= 15 is 0 Å². The summed E-state index contributed by atoms with van der Waals surface area (Å²) in [5.41, 5.74) is 2.59. The largest absolute Gasteiger partial charge is 0.396 e. The van der Waals surface area contributed by atoms with Crippen LogP contribution in [0.2, 0.25) is 0 Å². The second-order valence-corrected chi connectivity index (χ2v) is 5.08. The van der Waals surface area contributed by atoms with Crippen molar-refractivity contribution in [2.75, 3.05) is 29.9 Å². The zero-order valence-corrected chi connectivity index (χ0v) is 11.2. The number of hydrogen-bond acceptors (Lipinski definition) is 3. The highest BCUT2D eigenvalue weighted by Crippen LogP contribution is 2.31. The van der Waals surface area contributed by atoms with Crippen molar-refractivity contribution in [1.82, 2.24) is 0 Å². The lowest BCUT2D eigenvalue weighted by Crippen LogP contribution is -2.42. The SMILES string of the molecule is CC1CNc2ccccc2N1CCCCCCO. The third-order valence-electron chi connectivity index (χ3n) is 3.64. The number of para-hydroxylation sites is 2. The number of unbranched alkanes of at least 4 members (excludes halogenated alkanes) is 3. The van der Waals surface area contributed by atoms with Gasteiger partial charge in [0.05, 0.1) is 11.4 Å². The van der Waals surface area contributed by atoms with Crippen LogP contribution in [0.15, 0.2) is 24.3 Å². The Hall–Kier alpha value is -1.22. The predicted molar refractivity (Wildman–Crippen MR) is 77.3 cm³/mol. The van der Waals surface area contributed by atoms with Crippen LogP contribution in [0.25, 0.3) is 0 Å². The van der Waals surface area contributed by atoms with Crippen molar-refractivity contribution < 1.29 is 5.11 Å². The molecular formula is C15H24N2O. The van der Waals surface area contributed by atoms with Gasteiger partial charge in [-0.1, -0.05) is 25.0 Å². The molecule has 1 aliphatic rings. The van der Waals surface area contributed by atoms with Gasteiger partial charge in [-0.15, -0.1) is 0 Å². The van der Waals surface area contributed by atoms with E-state index in [2.05, 4.69) is 41.4 Å². The van der Waals surface area contributed by atoms with E-state index in [9.17, 15) is 0 Å². The molecule has 0 spiro atoms. The van der Waals surface area contributed by atoms with Crippen LogP contribution in [-0.2, 0) is 0 Å². The van der Waals surface area contributed by atoms with Gasteiger partial charge in [0.25, 0.3) is 0 Å². The normalized spacial score (nSPS) is 18.3. The predicted octanol–water partition coefficient (Wildman–Crippen LogP) is 2.86. The number of nitrogens with zero attached hydrogens (tertiary/aromatic N) is 1. The first-order valence-electron chi connectivity index (χ1n) is 7.03. The van der Waals surface area contributed by atoms with Gasteiger partial charge in [0.15, 0.2) is 0 Å². The number of aliphatic hydroxyl groups is 1. The molecule has 0 bridgehead atoms. The minimum absolute atomic E-state index is 0.326. The van der Waals surface area contributed by atoms with E-state index in [-0.39, 0.29) is 0 Å². The molecule has 100 valence electrons. The molecule has 1 atom stereocenters. The van der Waals surface area contributed by atoms with Gasteiger partial charge in [-0.2, -0.15) is 0 Å². The van der Waals surface area contributed by atoms with Crippen LogP contribution >= 0.6 is 0 Å². The zero-order valence-electron chi connectivity index (χ0n) is 11.2. The zero-order chi connectivity index (χ0) is 12.8. The molecule has 0 saturated heterocycles. The standard InChI is InChI=1S/C15H24N2O/c1-13-12-16-14-8-4-5-9-15(14)17(13)10-6-2-3-7-11-18/h4-5,8-9,13,16,18H,2-3,6-7,10-12H2,1H3. The van der Waals surface area contributed by atoms with Crippen LogP contribution < -0.4 is 10.2 Å². The number of fused-ring (bicyclic) bond motifs is 1. The highest BCUT2D eigenvalue weighted by Gasteiger charge is 2.21. The summed E-state index contributed by atoms with van der Waals surface area (Å²) in [5, 5.41) is 12.2. The van der Waals surface area contributed by atoms with Crippen LogP contribution in [0.1, 0.15) is 32.6 Å². The summed E-state index contributed by atoms with van der Waals surface area (Å²) < 4.78 is 0. The van der Waals surface area contributed by atoms with Gasteiger partial charge in [0.2, 0.25) is 0 Å². The Labute approximate surface area is 110 Å². The molecule has 0 aliphatic carbocycles. The first-order valence-corrected chi connectivity index (χ1v) is 7.03. The fourth-order valence-electron chi connectivity index (χ4n) is 2.57. The second kappa shape index (κ2) is 6.64. The van der Waals surface area contributed by atoms with Crippen molar-refractivity contribution in [1.29, 1.82) is 0 Å². The maximum atomic E-state index is 8.77. The van der Waals surface area contributed by atoms with E-state index < -0.39 is 0 Å². The Morgan fingerprint density at radius 2 is 2.00 bits per heavy atom. The van der Waals surface area contributed by atoms with Crippen molar-refractivity contribution in [3.8, 4) is 0 Å². The molecule has 2 N–H and O–H groups in total. The van der Waals surface area contributed by atoms with Crippen LogP contribution in [0.3, 0.4) is 0 Å². The van der Waals surface area contributed by atoms with Gasteiger partial charge in [0, 0.05) is 25.7 Å². The molecule has 0 radical (unpaired) electrons. The third kappa shape index (κ3) is 3.16. The molecule has 1 heterocycles. The fourth-order valence-corrected chi connectivity index (χ4v) is 2.57. The number of benzene rings is 1. The summed E-state index contributed by atoms with van der Waals surface area (Å²) in [4.78, 5) is 2.50. The van der Waals surface area contributed by atoms with Crippen LogP contribution in [0, 0.1) is 0 Å². The molecule has 0 aromatic heterocycles. The summed E-state index contributed by atoms with van der Waals surface area (Å²) in [6, 6.07) is 9.10. The molecule has 18 heavy (non-hydrogen) atoms. The van der Waals surface area contributed by atoms with Gasteiger partial charge in [-0.25, -0.2) is 0 Å². The van der Waals surface area contributed by atoms with Gasteiger partial charge in [-0.05, 0) is 31.9 Å². The second-order valence-electron chi connectivity index (χ2n) is 5.08.